The van der Waals surface area contributed by atoms with Gasteiger partial charge in [-0.3, -0.25) is 9.69 Å². The zero-order valence-corrected chi connectivity index (χ0v) is 13.2. The molecule has 1 amide bonds. The predicted molar refractivity (Wildman–Crippen MR) is 84.3 cm³/mol. The minimum atomic E-state index is -0.198. The molecule has 0 aliphatic rings. The van der Waals surface area contributed by atoms with Gasteiger partial charge in [0.1, 0.15) is 0 Å². The highest BCUT2D eigenvalue weighted by Crippen LogP contribution is 2.12. The van der Waals surface area contributed by atoms with Crippen molar-refractivity contribution in [3.8, 4) is 0 Å². The van der Waals surface area contributed by atoms with Crippen molar-refractivity contribution < 1.29 is 4.79 Å². The van der Waals surface area contributed by atoms with Crippen molar-refractivity contribution in [3.63, 3.8) is 0 Å². The van der Waals surface area contributed by atoms with Gasteiger partial charge >= 0.3 is 0 Å². The van der Waals surface area contributed by atoms with E-state index in [0.717, 1.165) is 17.8 Å². The van der Waals surface area contributed by atoms with Crippen LogP contribution >= 0.6 is 0 Å². The van der Waals surface area contributed by atoms with E-state index in [0.29, 0.717) is 12.6 Å². The van der Waals surface area contributed by atoms with E-state index in [-0.39, 0.29) is 11.4 Å². The van der Waals surface area contributed by atoms with Crippen molar-refractivity contribution >= 4 is 11.6 Å². The molecular weight excluding hydrogens is 250 g/mol. The van der Waals surface area contributed by atoms with Gasteiger partial charge in [-0.15, -0.1) is 0 Å². The maximum atomic E-state index is 12.1. The molecule has 0 aliphatic heterocycles. The molecule has 0 saturated heterocycles. The number of benzene rings is 1. The number of nitrogens with one attached hydrogen (secondary N) is 1. The standard InChI is InChI=1S/C16H27N3O/c1-12(2)19(11-15(20)18-16(3,4)5)10-13-7-6-8-14(17)9-13/h6-9,12H,10-11,17H2,1-5H3,(H,18,20). The number of nitrogens with zero attached hydrogens (tertiary/aromatic N) is 1. The Balaban J connectivity index is 2.68. The van der Waals surface area contributed by atoms with Crippen molar-refractivity contribution in [1.29, 1.82) is 0 Å². The highest BCUT2D eigenvalue weighted by atomic mass is 16.2. The lowest BCUT2D eigenvalue weighted by molar-refractivity contribution is -0.124. The Morgan fingerprint density at radius 2 is 2.00 bits per heavy atom. The monoisotopic (exact) mass is 277 g/mol. The first-order valence-corrected chi connectivity index (χ1v) is 7.07. The number of hydrogen-bond acceptors (Lipinski definition) is 3. The van der Waals surface area contributed by atoms with Crippen LogP contribution in [0.4, 0.5) is 5.69 Å². The summed E-state index contributed by atoms with van der Waals surface area (Å²) in [4.78, 5) is 14.2. The molecule has 0 radical (unpaired) electrons. The first kappa shape index (κ1) is 16.5. The molecule has 4 nitrogen and oxygen atoms in total. The lowest BCUT2D eigenvalue weighted by atomic mass is 10.1. The summed E-state index contributed by atoms with van der Waals surface area (Å²) in [6.07, 6.45) is 0. The zero-order valence-electron chi connectivity index (χ0n) is 13.2. The van der Waals surface area contributed by atoms with E-state index in [9.17, 15) is 4.79 Å². The summed E-state index contributed by atoms with van der Waals surface area (Å²) in [5.41, 5.74) is 7.48. The second-order valence-corrected chi connectivity index (χ2v) is 6.54. The van der Waals surface area contributed by atoms with Gasteiger partial charge in [0.15, 0.2) is 0 Å². The maximum Gasteiger partial charge on any atom is 0.234 e. The summed E-state index contributed by atoms with van der Waals surface area (Å²) in [6.45, 7) is 11.3. The third-order valence-electron chi connectivity index (χ3n) is 2.93. The van der Waals surface area contributed by atoms with Crippen LogP contribution in [0.25, 0.3) is 0 Å². The molecule has 1 aromatic carbocycles. The molecular formula is C16H27N3O. The van der Waals surface area contributed by atoms with E-state index in [2.05, 4.69) is 24.1 Å². The van der Waals surface area contributed by atoms with E-state index in [4.69, 9.17) is 5.73 Å². The maximum absolute atomic E-state index is 12.1. The Bertz CT molecular complexity index is 449. The number of anilines is 1. The smallest absolute Gasteiger partial charge is 0.234 e. The van der Waals surface area contributed by atoms with Crippen molar-refractivity contribution in [1.82, 2.24) is 10.2 Å². The van der Waals surface area contributed by atoms with E-state index in [1.54, 1.807) is 0 Å². The summed E-state index contributed by atoms with van der Waals surface area (Å²) in [5, 5.41) is 3.00. The normalized spacial score (nSPS) is 11.9. The van der Waals surface area contributed by atoms with Crippen LogP contribution in [0.1, 0.15) is 40.2 Å². The number of carbonyl (C=O) groups is 1. The Hall–Kier alpha value is -1.55. The van der Waals surface area contributed by atoms with E-state index >= 15 is 0 Å². The third kappa shape index (κ3) is 6.06. The summed E-state index contributed by atoms with van der Waals surface area (Å²) in [5.74, 6) is 0.0510. The average Bonchev–Trinajstić information content (AvgIpc) is 2.25. The number of rotatable bonds is 5. The molecule has 4 heteroatoms. The Labute approximate surface area is 122 Å². The van der Waals surface area contributed by atoms with E-state index in [1.165, 1.54) is 0 Å². The van der Waals surface area contributed by atoms with E-state index in [1.807, 2.05) is 45.0 Å². The molecule has 0 spiro atoms. The molecule has 3 N–H and O–H groups in total. The number of nitrogen functional groups attached to an aromatic ring is 1. The van der Waals surface area contributed by atoms with Gasteiger partial charge in [-0.2, -0.15) is 0 Å². The van der Waals surface area contributed by atoms with Gasteiger partial charge in [0.05, 0.1) is 6.54 Å². The zero-order chi connectivity index (χ0) is 15.3. The van der Waals surface area contributed by atoms with Crippen LogP contribution in [0.5, 0.6) is 0 Å². The van der Waals surface area contributed by atoms with E-state index < -0.39 is 0 Å². The summed E-state index contributed by atoms with van der Waals surface area (Å²) < 4.78 is 0. The minimum Gasteiger partial charge on any atom is -0.399 e. The van der Waals surface area contributed by atoms with Gasteiger partial charge in [0, 0.05) is 23.8 Å². The highest BCUT2D eigenvalue weighted by molar-refractivity contribution is 5.78. The molecule has 0 fully saturated rings. The third-order valence-corrected chi connectivity index (χ3v) is 2.93. The van der Waals surface area contributed by atoms with Crippen molar-refractivity contribution in [2.24, 2.45) is 0 Å². The lowest BCUT2D eigenvalue weighted by Gasteiger charge is -2.28. The second kappa shape index (κ2) is 6.75. The fraction of sp³-hybridized carbons (Fsp3) is 0.562. The largest absolute Gasteiger partial charge is 0.399 e. The minimum absolute atomic E-state index is 0.0510. The van der Waals surface area contributed by atoms with Gasteiger partial charge in [0.25, 0.3) is 0 Å². The number of nitrogens with two attached hydrogens (primary N) is 1. The number of amides is 1. The molecule has 112 valence electrons. The van der Waals surface area contributed by atoms with Crippen LogP contribution in [-0.2, 0) is 11.3 Å². The molecule has 1 rings (SSSR count). The molecule has 0 unspecified atom stereocenters. The molecule has 0 aromatic heterocycles. The van der Waals surface area contributed by atoms with Crippen molar-refractivity contribution in [3.05, 3.63) is 29.8 Å². The van der Waals surface area contributed by atoms with Crippen LogP contribution in [0.2, 0.25) is 0 Å². The first-order valence-electron chi connectivity index (χ1n) is 7.07. The Morgan fingerprint density at radius 3 is 2.50 bits per heavy atom. The van der Waals surface area contributed by atoms with Crippen molar-refractivity contribution in [2.75, 3.05) is 12.3 Å². The van der Waals surface area contributed by atoms with Crippen LogP contribution in [-0.4, -0.2) is 28.9 Å². The van der Waals surface area contributed by atoms with Gasteiger partial charge < -0.3 is 11.1 Å². The summed E-state index contributed by atoms with van der Waals surface area (Å²) >= 11 is 0. The molecule has 0 heterocycles. The number of hydrogen-bond donors (Lipinski definition) is 2. The SMILES string of the molecule is CC(C)N(CC(=O)NC(C)(C)C)Cc1cccc(N)c1. The molecule has 0 atom stereocenters. The molecule has 0 saturated carbocycles. The molecule has 20 heavy (non-hydrogen) atoms. The summed E-state index contributed by atoms with van der Waals surface area (Å²) in [7, 11) is 0. The van der Waals surface area contributed by atoms with Gasteiger partial charge in [-0.1, -0.05) is 12.1 Å². The van der Waals surface area contributed by atoms with Gasteiger partial charge in [-0.05, 0) is 52.3 Å². The van der Waals surface area contributed by atoms with Crippen molar-refractivity contribution in [2.45, 2.75) is 52.7 Å². The van der Waals surface area contributed by atoms with Crippen LogP contribution in [0, 0.1) is 0 Å². The average molecular weight is 277 g/mol. The Kier molecular flexibility index (Phi) is 5.57. The second-order valence-electron chi connectivity index (χ2n) is 6.54. The topological polar surface area (TPSA) is 58.4 Å². The first-order chi connectivity index (χ1) is 9.17. The predicted octanol–water partition coefficient (Wildman–Crippen LogP) is 2.39. The van der Waals surface area contributed by atoms with Crippen LogP contribution in [0.3, 0.4) is 0 Å². The summed E-state index contributed by atoms with van der Waals surface area (Å²) in [6, 6.07) is 8.10. The molecule has 1 aromatic rings. The van der Waals surface area contributed by atoms with Gasteiger partial charge in [-0.25, -0.2) is 0 Å². The van der Waals surface area contributed by atoms with Gasteiger partial charge in [0.2, 0.25) is 5.91 Å². The van der Waals surface area contributed by atoms with Crippen LogP contribution < -0.4 is 11.1 Å². The Morgan fingerprint density at radius 1 is 1.35 bits per heavy atom. The fourth-order valence-electron chi connectivity index (χ4n) is 1.99. The lowest BCUT2D eigenvalue weighted by Crippen LogP contribution is -2.47. The van der Waals surface area contributed by atoms with Crippen LogP contribution in [0.15, 0.2) is 24.3 Å². The molecule has 0 bridgehead atoms. The quantitative estimate of drug-likeness (QED) is 0.813. The highest BCUT2D eigenvalue weighted by Gasteiger charge is 2.18. The number of carbonyl (C=O) groups excluding carboxylic acids is 1. The fourth-order valence-corrected chi connectivity index (χ4v) is 1.99. The molecule has 0 aliphatic carbocycles.